The molecule has 2 saturated heterocycles. The van der Waals surface area contributed by atoms with Crippen molar-refractivity contribution in [3.05, 3.63) is 65.9 Å². The van der Waals surface area contributed by atoms with Crippen molar-refractivity contribution < 1.29 is 19.4 Å². The summed E-state index contributed by atoms with van der Waals surface area (Å²) in [6.07, 6.45) is 4.32. The normalized spacial score (nSPS) is 21.8. The van der Waals surface area contributed by atoms with Gasteiger partial charge in [-0.25, -0.2) is 9.59 Å². The molecule has 1 atom stereocenters. The number of aryl methyl sites for hydroxylation is 1. The van der Waals surface area contributed by atoms with Gasteiger partial charge in [-0.3, -0.25) is 9.80 Å². The molecule has 1 unspecified atom stereocenters. The molecule has 166 valence electrons. The molecule has 0 aliphatic carbocycles. The molecule has 0 bridgehead atoms. The van der Waals surface area contributed by atoms with Crippen molar-refractivity contribution in [2.75, 3.05) is 24.5 Å². The lowest BCUT2D eigenvalue weighted by Gasteiger charge is -2.26. The van der Waals surface area contributed by atoms with Crippen LogP contribution < -0.4 is 4.90 Å². The molecule has 2 fully saturated rings. The Morgan fingerprint density at radius 3 is 2.69 bits per heavy atom. The van der Waals surface area contributed by atoms with E-state index in [4.69, 9.17) is 9.84 Å². The van der Waals surface area contributed by atoms with E-state index in [2.05, 4.69) is 47.0 Å². The first-order chi connectivity index (χ1) is 15.4. The molecule has 1 N–H and O–H groups in total. The molecule has 1 amide bonds. The summed E-state index contributed by atoms with van der Waals surface area (Å²) in [6.45, 7) is 3.20. The van der Waals surface area contributed by atoms with Gasteiger partial charge in [0.1, 0.15) is 5.60 Å². The monoisotopic (exact) mass is 433 g/mol. The van der Waals surface area contributed by atoms with E-state index in [0.29, 0.717) is 12.2 Å². The van der Waals surface area contributed by atoms with Crippen LogP contribution in [0.15, 0.2) is 54.7 Å². The molecule has 32 heavy (non-hydrogen) atoms. The third kappa shape index (κ3) is 3.73. The van der Waals surface area contributed by atoms with Gasteiger partial charge in [0, 0.05) is 38.4 Å². The van der Waals surface area contributed by atoms with E-state index in [0.717, 1.165) is 38.9 Å². The first-order valence-electron chi connectivity index (χ1n) is 11.0. The highest BCUT2D eigenvalue weighted by Crippen LogP contribution is 2.36. The number of fused-ring (bicyclic) bond motifs is 1. The maximum atomic E-state index is 12.7. The van der Waals surface area contributed by atoms with Crippen molar-refractivity contribution in [2.24, 2.45) is 7.05 Å². The molecule has 3 heterocycles. The molecule has 5 rings (SSSR count). The molecule has 7 heteroatoms. The average molecular weight is 434 g/mol. The molecule has 7 nitrogen and oxygen atoms in total. The number of carbonyl (C=O) groups excluding carboxylic acids is 1. The van der Waals surface area contributed by atoms with Crippen LogP contribution >= 0.6 is 0 Å². The number of nitrogens with zero attached hydrogens (tertiary/aromatic N) is 3. The van der Waals surface area contributed by atoms with E-state index in [9.17, 15) is 9.59 Å². The minimum absolute atomic E-state index is 0.203. The first-order valence-corrected chi connectivity index (χ1v) is 11.0. The number of aromatic nitrogens is 1. The van der Waals surface area contributed by atoms with Gasteiger partial charge in [0.05, 0.1) is 17.6 Å². The van der Waals surface area contributed by atoms with Crippen LogP contribution in [0.4, 0.5) is 10.5 Å². The van der Waals surface area contributed by atoms with E-state index in [-0.39, 0.29) is 11.7 Å². The largest absolute Gasteiger partial charge is 0.478 e. The van der Waals surface area contributed by atoms with E-state index < -0.39 is 11.6 Å². The minimum Gasteiger partial charge on any atom is -0.478 e. The van der Waals surface area contributed by atoms with Gasteiger partial charge in [-0.2, -0.15) is 0 Å². The molecular formula is C25H27N3O4. The van der Waals surface area contributed by atoms with Gasteiger partial charge in [0.25, 0.3) is 0 Å². The Bertz CT molecular complexity index is 1170. The summed E-state index contributed by atoms with van der Waals surface area (Å²) in [5.41, 5.74) is 2.97. The van der Waals surface area contributed by atoms with Crippen molar-refractivity contribution in [2.45, 2.75) is 31.4 Å². The Morgan fingerprint density at radius 1 is 1.09 bits per heavy atom. The summed E-state index contributed by atoms with van der Waals surface area (Å²) in [5.74, 6) is -0.980. The number of para-hydroxylation sites is 1. The highest BCUT2D eigenvalue weighted by Gasteiger charge is 2.46. The quantitative estimate of drug-likeness (QED) is 0.666. The Labute approximate surface area is 186 Å². The molecule has 2 aliphatic rings. The summed E-state index contributed by atoms with van der Waals surface area (Å²) < 4.78 is 8.11. The average Bonchev–Trinajstić information content (AvgIpc) is 3.25. The zero-order valence-corrected chi connectivity index (χ0v) is 18.2. The second-order valence-corrected chi connectivity index (χ2v) is 8.90. The number of ether oxygens (including phenoxy) is 1. The summed E-state index contributed by atoms with van der Waals surface area (Å²) in [7, 11) is 2.08. The third-order valence-corrected chi connectivity index (χ3v) is 6.76. The fourth-order valence-electron chi connectivity index (χ4n) is 5.06. The lowest BCUT2D eigenvalue weighted by molar-refractivity contribution is 0.0443. The van der Waals surface area contributed by atoms with E-state index >= 15 is 0 Å². The van der Waals surface area contributed by atoms with Gasteiger partial charge >= 0.3 is 12.1 Å². The number of hydrogen-bond donors (Lipinski definition) is 1. The number of carboxylic acids is 1. The number of carbonyl (C=O) groups is 2. The second kappa shape index (κ2) is 7.98. The summed E-state index contributed by atoms with van der Waals surface area (Å²) in [4.78, 5) is 27.9. The number of likely N-dealkylation sites (tertiary alicyclic amines) is 1. The number of aromatic carboxylic acids is 1. The number of hydrogen-bond acceptors (Lipinski definition) is 4. The highest BCUT2D eigenvalue weighted by molar-refractivity contribution is 5.92. The molecular weight excluding hydrogens is 406 g/mol. The number of benzene rings is 2. The van der Waals surface area contributed by atoms with Gasteiger partial charge in [0.15, 0.2) is 0 Å². The SMILES string of the molecule is Cn1ccc2cccc(CN3CCCC4(CC3)CN(c3ccc(C(=O)O)cc3)C(=O)O4)c21. The van der Waals surface area contributed by atoms with Crippen molar-refractivity contribution >= 4 is 28.7 Å². The maximum absolute atomic E-state index is 12.7. The van der Waals surface area contributed by atoms with Gasteiger partial charge in [-0.05, 0) is 60.7 Å². The Hall–Kier alpha value is -3.32. The van der Waals surface area contributed by atoms with E-state index in [1.807, 2.05) is 0 Å². The molecule has 1 spiro atoms. The summed E-state index contributed by atoms with van der Waals surface area (Å²) >= 11 is 0. The van der Waals surface area contributed by atoms with Gasteiger partial charge in [-0.15, -0.1) is 0 Å². The highest BCUT2D eigenvalue weighted by atomic mass is 16.6. The van der Waals surface area contributed by atoms with Crippen molar-refractivity contribution in [3.63, 3.8) is 0 Å². The van der Waals surface area contributed by atoms with Gasteiger partial charge < -0.3 is 14.4 Å². The summed E-state index contributed by atoms with van der Waals surface area (Å²) in [6, 6.07) is 15.0. The predicted octanol–water partition coefficient (Wildman–Crippen LogP) is 4.26. The fraction of sp³-hybridized carbons (Fsp3) is 0.360. The van der Waals surface area contributed by atoms with Crippen molar-refractivity contribution in [1.82, 2.24) is 9.47 Å². The van der Waals surface area contributed by atoms with Crippen LogP contribution in [0, 0.1) is 0 Å². The molecule has 2 aliphatic heterocycles. The van der Waals surface area contributed by atoms with Crippen LogP contribution in [-0.4, -0.2) is 51.9 Å². The number of carboxylic acid groups (broad SMARTS) is 1. The maximum Gasteiger partial charge on any atom is 0.415 e. The first kappa shape index (κ1) is 20.6. The van der Waals surface area contributed by atoms with Crippen LogP contribution in [0.2, 0.25) is 0 Å². The smallest absolute Gasteiger partial charge is 0.415 e. The lowest BCUT2D eigenvalue weighted by atomic mass is 9.94. The predicted molar refractivity (Wildman–Crippen MR) is 122 cm³/mol. The Kier molecular flexibility index (Phi) is 5.13. The summed E-state index contributed by atoms with van der Waals surface area (Å²) in [5, 5.41) is 10.4. The Balaban J connectivity index is 1.29. The molecule has 1 aromatic heterocycles. The Morgan fingerprint density at radius 2 is 1.91 bits per heavy atom. The van der Waals surface area contributed by atoms with Crippen LogP contribution in [0.1, 0.15) is 35.2 Å². The van der Waals surface area contributed by atoms with E-state index in [1.54, 1.807) is 17.0 Å². The van der Waals surface area contributed by atoms with Crippen LogP contribution in [-0.2, 0) is 18.3 Å². The second-order valence-electron chi connectivity index (χ2n) is 8.90. The molecule has 0 radical (unpaired) electrons. The lowest BCUT2D eigenvalue weighted by Crippen LogP contribution is -2.36. The molecule has 2 aromatic carbocycles. The number of rotatable bonds is 4. The van der Waals surface area contributed by atoms with Crippen molar-refractivity contribution in [1.29, 1.82) is 0 Å². The zero-order valence-electron chi connectivity index (χ0n) is 18.2. The zero-order chi connectivity index (χ0) is 22.3. The topological polar surface area (TPSA) is 75.0 Å². The molecule has 3 aromatic rings. The standard InChI is InChI=1S/C25H27N3O4/c1-26-14-10-18-4-2-5-20(22(18)26)16-27-13-3-11-25(12-15-27)17-28(24(31)32-25)21-8-6-19(7-9-21)23(29)30/h2,4-10,14H,3,11-13,15-17H2,1H3,(H,29,30). The fourth-order valence-corrected chi connectivity index (χ4v) is 5.06. The van der Waals surface area contributed by atoms with Gasteiger partial charge in [-0.1, -0.05) is 18.2 Å². The van der Waals surface area contributed by atoms with Crippen LogP contribution in [0.3, 0.4) is 0 Å². The number of amides is 1. The minimum atomic E-state index is -0.980. The van der Waals surface area contributed by atoms with Crippen LogP contribution in [0.25, 0.3) is 10.9 Å². The van der Waals surface area contributed by atoms with Crippen molar-refractivity contribution in [3.8, 4) is 0 Å². The molecule has 0 saturated carbocycles. The number of anilines is 1. The van der Waals surface area contributed by atoms with E-state index in [1.165, 1.54) is 28.6 Å². The third-order valence-electron chi connectivity index (χ3n) is 6.76. The van der Waals surface area contributed by atoms with Gasteiger partial charge in [0.2, 0.25) is 0 Å². The van der Waals surface area contributed by atoms with Crippen LogP contribution in [0.5, 0.6) is 0 Å².